The molecular weight excluding hydrogens is 174 g/mol. The second-order valence-electron chi connectivity index (χ2n) is 5.00. The van der Waals surface area contributed by atoms with E-state index < -0.39 is 0 Å². The van der Waals surface area contributed by atoms with Crippen LogP contribution in [0.2, 0.25) is 0 Å². The standard InChI is InChI=1S/C11H21N3/c1-2-11-10(4-7-14(11)6-1)13-9-3-5-12-8-9/h9-13H,1-8H2. The third-order valence-corrected chi connectivity index (χ3v) is 4.12. The number of fused-ring (bicyclic) bond motifs is 1. The van der Waals surface area contributed by atoms with Gasteiger partial charge in [-0.05, 0) is 38.8 Å². The van der Waals surface area contributed by atoms with E-state index in [1.54, 1.807) is 0 Å². The van der Waals surface area contributed by atoms with Gasteiger partial charge in [0.1, 0.15) is 0 Å². The molecule has 3 aliphatic heterocycles. The molecule has 3 heterocycles. The molecule has 0 bridgehead atoms. The van der Waals surface area contributed by atoms with Crippen molar-refractivity contribution >= 4 is 0 Å². The highest BCUT2D eigenvalue weighted by atomic mass is 15.2. The van der Waals surface area contributed by atoms with Crippen molar-refractivity contribution < 1.29 is 0 Å². The predicted octanol–water partition coefficient (Wildman–Crippen LogP) is 0.175. The van der Waals surface area contributed by atoms with Crippen LogP contribution in [0.15, 0.2) is 0 Å². The minimum Gasteiger partial charge on any atom is -0.315 e. The Hall–Kier alpha value is -0.120. The fourth-order valence-corrected chi connectivity index (χ4v) is 3.38. The summed E-state index contributed by atoms with van der Waals surface area (Å²) in [5.74, 6) is 0. The quantitative estimate of drug-likeness (QED) is 0.658. The molecule has 0 saturated carbocycles. The average Bonchev–Trinajstić information content (AvgIpc) is 2.85. The Morgan fingerprint density at radius 3 is 3.00 bits per heavy atom. The molecule has 0 aromatic heterocycles. The van der Waals surface area contributed by atoms with Crippen LogP contribution in [0, 0.1) is 0 Å². The van der Waals surface area contributed by atoms with E-state index in [0.29, 0.717) is 0 Å². The minimum atomic E-state index is 0.751. The minimum absolute atomic E-state index is 0.751. The highest BCUT2D eigenvalue weighted by Gasteiger charge is 2.37. The first kappa shape index (κ1) is 9.13. The normalized spacial score (nSPS) is 43.3. The largest absolute Gasteiger partial charge is 0.315 e. The molecule has 0 amide bonds. The van der Waals surface area contributed by atoms with E-state index in [9.17, 15) is 0 Å². The van der Waals surface area contributed by atoms with Crippen LogP contribution in [0.5, 0.6) is 0 Å². The van der Waals surface area contributed by atoms with Crippen molar-refractivity contribution in [1.82, 2.24) is 15.5 Å². The van der Waals surface area contributed by atoms with Crippen molar-refractivity contribution in [3.8, 4) is 0 Å². The van der Waals surface area contributed by atoms with Gasteiger partial charge in [0.15, 0.2) is 0 Å². The second-order valence-corrected chi connectivity index (χ2v) is 5.00. The maximum Gasteiger partial charge on any atom is 0.0250 e. The van der Waals surface area contributed by atoms with Crippen LogP contribution in [-0.4, -0.2) is 49.2 Å². The topological polar surface area (TPSA) is 27.3 Å². The monoisotopic (exact) mass is 195 g/mol. The first-order chi connectivity index (χ1) is 6.93. The van der Waals surface area contributed by atoms with Crippen molar-refractivity contribution in [2.45, 2.75) is 43.8 Å². The van der Waals surface area contributed by atoms with Crippen LogP contribution in [0.1, 0.15) is 25.7 Å². The predicted molar refractivity (Wildman–Crippen MR) is 57.4 cm³/mol. The molecule has 0 aromatic rings. The van der Waals surface area contributed by atoms with Crippen molar-refractivity contribution in [2.24, 2.45) is 0 Å². The molecule has 2 N–H and O–H groups in total. The molecule has 3 nitrogen and oxygen atoms in total. The van der Waals surface area contributed by atoms with Crippen LogP contribution < -0.4 is 10.6 Å². The van der Waals surface area contributed by atoms with Crippen LogP contribution in [0.3, 0.4) is 0 Å². The molecule has 14 heavy (non-hydrogen) atoms. The number of nitrogens with zero attached hydrogens (tertiary/aromatic N) is 1. The summed E-state index contributed by atoms with van der Waals surface area (Å²) in [4.78, 5) is 2.68. The third kappa shape index (κ3) is 1.58. The number of nitrogens with one attached hydrogen (secondary N) is 2. The zero-order valence-electron chi connectivity index (χ0n) is 8.84. The molecule has 3 rings (SSSR count). The molecule has 0 spiro atoms. The smallest absolute Gasteiger partial charge is 0.0250 e. The lowest BCUT2D eigenvalue weighted by atomic mass is 10.1. The molecule has 0 radical (unpaired) electrons. The van der Waals surface area contributed by atoms with Gasteiger partial charge in [-0.15, -0.1) is 0 Å². The van der Waals surface area contributed by atoms with Crippen molar-refractivity contribution in [3.63, 3.8) is 0 Å². The van der Waals surface area contributed by atoms with Crippen molar-refractivity contribution in [2.75, 3.05) is 26.2 Å². The van der Waals surface area contributed by atoms with Gasteiger partial charge in [0, 0.05) is 31.2 Å². The zero-order chi connectivity index (χ0) is 9.38. The molecule has 0 aliphatic carbocycles. The Kier molecular flexibility index (Phi) is 2.48. The third-order valence-electron chi connectivity index (χ3n) is 4.12. The van der Waals surface area contributed by atoms with E-state index in [4.69, 9.17) is 0 Å². The van der Waals surface area contributed by atoms with Gasteiger partial charge < -0.3 is 10.6 Å². The summed E-state index contributed by atoms with van der Waals surface area (Å²) in [7, 11) is 0. The fourth-order valence-electron chi connectivity index (χ4n) is 3.38. The summed E-state index contributed by atoms with van der Waals surface area (Å²) >= 11 is 0. The lowest BCUT2D eigenvalue weighted by Crippen LogP contribution is -2.45. The maximum absolute atomic E-state index is 3.85. The molecule has 3 atom stereocenters. The van der Waals surface area contributed by atoms with Crippen molar-refractivity contribution in [1.29, 1.82) is 0 Å². The lowest BCUT2D eigenvalue weighted by Gasteiger charge is -2.24. The van der Waals surface area contributed by atoms with Gasteiger partial charge >= 0.3 is 0 Å². The molecule has 0 aromatic carbocycles. The van der Waals surface area contributed by atoms with E-state index in [1.165, 1.54) is 51.9 Å². The first-order valence-electron chi connectivity index (χ1n) is 6.14. The Bertz CT molecular complexity index is 201. The summed E-state index contributed by atoms with van der Waals surface area (Å²) in [5.41, 5.74) is 0. The highest BCUT2D eigenvalue weighted by molar-refractivity contribution is 4.97. The molecule has 80 valence electrons. The van der Waals surface area contributed by atoms with Crippen LogP contribution in [0.4, 0.5) is 0 Å². The van der Waals surface area contributed by atoms with E-state index in [1.807, 2.05) is 0 Å². The summed E-state index contributed by atoms with van der Waals surface area (Å²) in [5, 5.41) is 7.27. The lowest BCUT2D eigenvalue weighted by molar-refractivity contribution is 0.290. The molecule has 3 heteroatoms. The Morgan fingerprint density at radius 2 is 2.14 bits per heavy atom. The maximum atomic E-state index is 3.85. The summed E-state index contributed by atoms with van der Waals surface area (Å²) in [6.07, 6.45) is 5.55. The van der Waals surface area contributed by atoms with Gasteiger partial charge in [-0.2, -0.15) is 0 Å². The Morgan fingerprint density at radius 1 is 1.14 bits per heavy atom. The number of hydrogen-bond donors (Lipinski definition) is 2. The average molecular weight is 195 g/mol. The van der Waals surface area contributed by atoms with E-state index >= 15 is 0 Å². The molecule has 3 unspecified atom stereocenters. The summed E-state index contributed by atoms with van der Waals surface area (Å²) in [6, 6.07) is 2.42. The Labute approximate surface area is 86.2 Å². The number of hydrogen-bond acceptors (Lipinski definition) is 3. The van der Waals surface area contributed by atoms with Gasteiger partial charge in [-0.3, -0.25) is 4.90 Å². The highest BCUT2D eigenvalue weighted by Crippen LogP contribution is 2.28. The fraction of sp³-hybridized carbons (Fsp3) is 1.00. The second kappa shape index (κ2) is 3.80. The van der Waals surface area contributed by atoms with Crippen molar-refractivity contribution in [3.05, 3.63) is 0 Å². The van der Waals surface area contributed by atoms with Crippen LogP contribution in [0.25, 0.3) is 0 Å². The first-order valence-corrected chi connectivity index (χ1v) is 6.14. The van der Waals surface area contributed by atoms with Crippen LogP contribution >= 0.6 is 0 Å². The zero-order valence-corrected chi connectivity index (χ0v) is 8.84. The van der Waals surface area contributed by atoms with Gasteiger partial charge in [-0.1, -0.05) is 0 Å². The SMILES string of the molecule is C1CC2C(NC3CCNC3)CCN2C1. The Balaban J connectivity index is 1.57. The summed E-state index contributed by atoms with van der Waals surface area (Å²) in [6.45, 7) is 5.08. The molecule has 3 saturated heterocycles. The van der Waals surface area contributed by atoms with Crippen LogP contribution in [-0.2, 0) is 0 Å². The van der Waals surface area contributed by atoms with E-state index in [0.717, 1.165) is 18.1 Å². The van der Waals surface area contributed by atoms with Gasteiger partial charge in [0.2, 0.25) is 0 Å². The van der Waals surface area contributed by atoms with E-state index in [2.05, 4.69) is 15.5 Å². The van der Waals surface area contributed by atoms with Gasteiger partial charge in [-0.25, -0.2) is 0 Å². The molecule has 3 aliphatic rings. The van der Waals surface area contributed by atoms with Gasteiger partial charge in [0.05, 0.1) is 0 Å². The number of rotatable bonds is 2. The van der Waals surface area contributed by atoms with Gasteiger partial charge in [0.25, 0.3) is 0 Å². The summed E-state index contributed by atoms with van der Waals surface area (Å²) < 4.78 is 0. The van der Waals surface area contributed by atoms with E-state index in [-0.39, 0.29) is 0 Å². The molecule has 3 fully saturated rings. The molecular formula is C11H21N3.